The summed E-state index contributed by atoms with van der Waals surface area (Å²) in [4.78, 5) is 14.1. The highest BCUT2D eigenvalue weighted by Crippen LogP contribution is 2.26. The van der Waals surface area contributed by atoms with E-state index in [9.17, 15) is 13.6 Å². The molecule has 0 spiro atoms. The zero-order chi connectivity index (χ0) is 12.3. The second-order valence-electron chi connectivity index (χ2n) is 3.15. The summed E-state index contributed by atoms with van der Waals surface area (Å²) in [5.41, 5.74) is 10.1. The Hall–Kier alpha value is -1.76. The van der Waals surface area contributed by atoms with E-state index in [1.165, 1.54) is 6.07 Å². The van der Waals surface area contributed by atoms with Gasteiger partial charge in [-0.3, -0.25) is 4.79 Å². The topological polar surface area (TPSA) is 102 Å². The van der Waals surface area contributed by atoms with Crippen LogP contribution in [0.1, 0.15) is 23.4 Å². The number of hydrogen-bond donors (Lipinski definition) is 3. The number of anilines is 1. The molecule has 0 aromatic carbocycles. The van der Waals surface area contributed by atoms with Crippen molar-refractivity contribution in [3.05, 3.63) is 23.0 Å². The SMILES string of the molecule is NCc1cc(CC(=O)O)c(N)c(C(F)F)n1. The Morgan fingerprint density at radius 2 is 2.19 bits per heavy atom. The summed E-state index contributed by atoms with van der Waals surface area (Å²) < 4.78 is 25.1. The van der Waals surface area contributed by atoms with Crippen LogP contribution in [0.2, 0.25) is 0 Å². The maximum atomic E-state index is 12.5. The number of nitrogen functional groups attached to an aromatic ring is 1. The average molecular weight is 231 g/mol. The van der Waals surface area contributed by atoms with E-state index in [2.05, 4.69) is 4.98 Å². The quantitative estimate of drug-likeness (QED) is 0.707. The molecule has 1 rings (SSSR count). The van der Waals surface area contributed by atoms with E-state index < -0.39 is 24.5 Å². The van der Waals surface area contributed by atoms with E-state index in [0.29, 0.717) is 0 Å². The maximum Gasteiger partial charge on any atom is 0.307 e. The summed E-state index contributed by atoms with van der Waals surface area (Å²) in [5.74, 6) is -1.15. The van der Waals surface area contributed by atoms with Crippen molar-refractivity contribution < 1.29 is 18.7 Å². The van der Waals surface area contributed by atoms with E-state index in [0.717, 1.165) is 0 Å². The number of carboxylic acids is 1. The summed E-state index contributed by atoms with van der Waals surface area (Å²) in [7, 11) is 0. The van der Waals surface area contributed by atoms with Gasteiger partial charge in [0.15, 0.2) is 0 Å². The van der Waals surface area contributed by atoms with Crippen molar-refractivity contribution in [3.8, 4) is 0 Å². The number of nitrogens with zero attached hydrogens (tertiary/aromatic N) is 1. The summed E-state index contributed by atoms with van der Waals surface area (Å²) in [6.45, 7) is -0.0490. The molecule has 88 valence electrons. The molecule has 0 saturated carbocycles. The molecule has 16 heavy (non-hydrogen) atoms. The Bertz CT molecular complexity index is 410. The second kappa shape index (κ2) is 4.84. The molecule has 7 heteroatoms. The highest BCUT2D eigenvalue weighted by Gasteiger charge is 2.18. The molecule has 0 fully saturated rings. The molecule has 5 N–H and O–H groups in total. The number of rotatable bonds is 4. The van der Waals surface area contributed by atoms with Crippen molar-refractivity contribution in [2.24, 2.45) is 5.73 Å². The molecule has 0 atom stereocenters. The van der Waals surface area contributed by atoms with Gasteiger partial charge in [-0.25, -0.2) is 13.8 Å². The molecule has 0 aliphatic rings. The number of carboxylic acid groups (broad SMARTS) is 1. The molecular formula is C9H11F2N3O2. The van der Waals surface area contributed by atoms with Crippen molar-refractivity contribution in [2.75, 3.05) is 5.73 Å². The third-order valence-corrected chi connectivity index (χ3v) is 1.98. The first-order valence-electron chi connectivity index (χ1n) is 4.43. The fourth-order valence-electron chi connectivity index (χ4n) is 1.27. The Kier molecular flexibility index (Phi) is 3.73. The third-order valence-electron chi connectivity index (χ3n) is 1.98. The Morgan fingerprint density at radius 1 is 1.56 bits per heavy atom. The minimum atomic E-state index is -2.85. The third kappa shape index (κ3) is 2.63. The van der Waals surface area contributed by atoms with E-state index in [1.54, 1.807) is 0 Å². The van der Waals surface area contributed by atoms with Crippen LogP contribution in [0, 0.1) is 0 Å². The van der Waals surface area contributed by atoms with E-state index >= 15 is 0 Å². The van der Waals surface area contributed by atoms with Gasteiger partial charge < -0.3 is 16.6 Å². The lowest BCUT2D eigenvalue weighted by Gasteiger charge is -2.10. The lowest BCUT2D eigenvalue weighted by molar-refractivity contribution is -0.136. The van der Waals surface area contributed by atoms with Gasteiger partial charge in [0.2, 0.25) is 0 Å². The number of aromatic nitrogens is 1. The summed E-state index contributed by atoms with van der Waals surface area (Å²) in [5, 5.41) is 8.59. The summed E-state index contributed by atoms with van der Waals surface area (Å²) in [6, 6.07) is 1.33. The molecule has 5 nitrogen and oxygen atoms in total. The molecule has 1 aromatic heterocycles. The predicted octanol–water partition coefficient (Wildman–Crippen LogP) is 0.687. The summed E-state index contributed by atoms with van der Waals surface area (Å²) >= 11 is 0. The van der Waals surface area contributed by atoms with Gasteiger partial charge in [0, 0.05) is 6.54 Å². The lowest BCUT2D eigenvalue weighted by atomic mass is 10.1. The molecule has 0 bridgehead atoms. The second-order valence-corrected chi connectivity index (χ2v) is 3.15. The highest BCUT2D eigenvalue weighted by atomic mass is 19.3. The van der Waals surface area contributed by atoms with Crippen LogP contribution >= 0.6 is 0 Å². The zero-order valence-electron chi connectivity index (χ0n) is 8.28. The number of carbonyl (C=O) groups is 1. The lowest BCUT2D eigenvalue weighted by Crippen LogP contribution is -2.11. The van der Waals surface area contributed by atoms with Gasteiger partial charge in [-0.1, -0.05) is 0 Å². The Labute approximate surface area is 90.1 Å². The van der Waals surface area contributed by atoms with Gasteiger partial charge in [-0.2, -0.15) is 0 Å². The molecule has 1 heterocycles. The van der Waals surface area contributed by atoms with Crippen molar-refractivity contribution in [1.82, 2.24) is 4.98 Å². The molecule has 0 aliphatic carbocycles. The van der Waals surface area contributed by atoms with E-state index in [4.69, 9.17) is 16.6 Å². The number of hydrogen-bond acceptors (Lipinski definition) is 4. The zero-order valence-corrected chi connectivity index (χ0v) is 8.28. The Morgan fingerprint density at radius 3 is 2.62 bits per heavy atom. The van der Waals surface area contributed by atoms with Gasteiger partial charge in [0.25, 0.3) is 6.43 Å². The summed E-state index contributed by atoms with van der Waals surface area (Å²) in [6.07, 6.45) is -3.28. The van der Waals surface area contributed by atoms with Gasteiger partial charge in [0.1, 0.15) is 5.69 Å². The minimum Gasteiger partial charge on any atom is -0.481 e. The standard InChI is InChI=1S/C9H11F2N3O2/c10-9(11)8-7(13)4(2-6(15)16)1-5(3-12)14-8/h1,9H,2-3,12-13H2,(H,15,16). The van der Waals surface area contributed by atoms with Crippen molar-refractivity contribution in [2.45, 2.75) is 19.4 Å². The van der Waals surface area contributed by atoms with Gasteiger partial charge in [0.05, 0.1) is 17.8 Å². The van der Waals surface area contributed by atoms with Crippen LogP contribution in [0.25, 0.3) is 0 Å². The molecular weight excluding hydrogens is 220 g/mol. The fourth-order valence-corrected chi connectivity index (χ4v) is 1.27. The number of nitrogens with two attached hydrogens (primary N) is 2. The highest BCUT2D eigenvalue weighted by molar-refractivity contribution is 5.73. The molecule has 0 unspecified atom stereocenters. The molecule has 0 saturated heterocycles. The van der Waals surface area contributed by atoms with Crippen LogP contribution < -0.4 is 11.5 Å². The molecule has 1 aromatic rings. The fraction of sp³-hybridized carbons (Fsp3) is 0.333. The average Bonchev–Trinajstić information content (AvgIpc) is 2.19. The Balaban J connectivity index is 3.25. The molecule has 0 amide bonds. The van der Waals surface area contributed by atoms with Crippen LogP contribution in [-0.2, 0) is 17.8 Å². The van der Waals surface area contributed by atoms with Crippen LogP contribution in [-0.4, -0.2) is 16.1 Å². The van der Waals surface area contributed by atoms with Crippen LogP contribution in [0.4, 0.5) is 14.5 Å². The number of pyridine rings is 1. The van der Waals surface area contributed by atoms with Crippen molar-refractivity contribution in [3.63, 3.8) is 0 Å². The first-order valence-corrected chi connectivity index (χ1v) is 4.43. The van der Waals surface area contributed by atoms with Crippen LogP contribution in [0.15, 0.2) is 6.07 Å². The monoisotopic (exact) mass is 231 g/mol. The van der Waals surface area contributed by atoms with Crippen molar-refractivity contribution in [1.29, 1.82) is 0 Å². The van der Waals surface area contributed by atoms with Crippen molar-refractivity contribution >= 4 is 11.7 Å². The largest absolute Gasteiger partial charge is 0.481 e. The number of halogens is 2. The minimum absolute atomic E-state index is 0.0490. The van der Waals surface area contributed by atoms with E-state index in [1.807, 2.05) is 0 Å². The number of alkyl halides is 2. The van der Waals surface area contributed by atoms with Crippen LogP contribution in [0.3, 0.4) is 0 Å². The molecule has 0 radical (unpaired) electrons. The maximum absolute atomic E-state index is 12.5. The predicted molar refractivity (Wildman–Crippen MR) is 52.8 cm³/mol. The van der Waals surface area contributed by atoms with E-state index in [-0.39, 0.29) is 23.5 Å². The van der Waals surface area contributed by atoms with Gasteiger partial charge >= 0.3 is 5.97 Å². The van der Waals surface area contributed by atoms with Gasteiger partial charge in [-0.15, -0.1) is 0 Å². The first-order chi connectivity index (χ1) is 7.45. The smallest absolute Gasteiger partial charge is 0.307 e. The van der Waals surface area contributed by atoms with Crippen LogP contribution in [0.5, 0.6) is 0 Å². The normalized spacial score (nSPS) is 10.8. The molecule has 0 aliphatic heterocycles. The number of aliphatic carboxylic acids is 1. The van der Waals surface area contributed by atoms with Gasteiger partial charge in [-0.05, 0) is 11.6 Å². The first kappa shape index (κ1) is 12.3.